The van der Waals surface area contributed by atoms with Crippen LogP contribution in [0, 0.1) is 0 Å². The molecule has 0 heterocycles. The van der Waals surface area contributed by atoms with Crippen LogP contribution >= 0.6 is 17.8 Å². The van der Waals surface area contributed by atoms with Crippen LogP contribution in [0.1, 0.15) is 13.8 Å². The quantitative estimate of drug-likeness (QED) is 0.542. The summed E-state index contributed by atoms with van der Waals surface area (Å²) in [5.74, 6) is 0. The van der Waals surface area contributed by atoms with Gasteiger partial charge in [-0.1, -0.05) is 0 Å². The van der Waals surface area contributed by atoms with Gasteiger partial charge in [0.25, 0.3) is 0 Å². The molecule has 0 saturated heterocycles. The van der Waals surface area contributed by atoms with E-state index in [0.29, 0.717) is 0 Å². The zero-order valence-corrected chi connectivity index (χ0v) is 11.3. The summed E-state index contributed by atoms with van der Waals surface area (Å²) in [5.41, 5.74) is 0. The number of hydrogen-bond donors (Lipinski definition) is 0. The molecule has 0 aromatic rings. The van der Waals surface area contributed by atoms with Crippen molar-refractivity contribution in [2.45, 2.75) is 22.7 Å². The van der Waals surface area contributed by atoms with Crippen molar-refractivity contribution >= 4 is 34.0 Å². The number of rotatable bonds is 4. The predicted molar refractivity (Wildman–Crippen MR) is 56.7 cm³/mol. The first-order valence-corrected chi connectivity index (χ1v) is 15.0. The van der Waals surface area contributed by atoms with Crippen LogP contribution in [0.4, 0.5) is 0 Å². The van der Waals surface area contributed by atoms with E-state index in [1.54, 1.807) is 0 Å². The molecule has 0 spiro atoms. The van der Waals surface area contributed by atoms with E-state index in [0.717, 1.165) is 8.87 Å². The summed E-state index contributed by atoms with van der Waals surface area (Å²) < 4.78 is 1.83. The van der Waals surface area contributed by atoms with Gasteiger partial charge in [0.1, 0.15) is 0 Å². The predicted octanol–water partition coefficient (Wildman–Crippen LogP) is 4.06. The van der Waals surface area contributed by atoms with Crippen LogP contribution in [0.2, 0.25) is 8.87 Å². The molecule has 0 aromatic carbocycles. The summed E-state index contributed by atoms with van der Waals surface area (Å²) in [7, 11) is 12.3. The van der Waals surface area contributed by atoms with Gasteiger partial charge in [0.2, 0.25) is 0 Å². The molecule has 3 heteroatoms. The Labute approximate surface area is 80.6 Å². The Kier molecular flexibility index (Phi) is 6.88. The van der Waals surface area contributed by atoms with E-state index in [2.05, 4.69) is 12.2 Å². The van der Waals surface area contributed by atoms with E-state index < -0.39 is 16.1 Å². The van der Waals surface area contributed by atoms with Crippen molar-refractivity contribution in [3.8, 4) is 0 Å². The fourth-order valence-corrected chi connectivity index (χ4v) is 6.84. The molecular weight excluding hydrogens is 286 g/mol. The third-order valence-electron chi connectivity index (χ3n) is 1.30. The van der Waals surface area contributed by atoms with Gasteiger partial charge in [0.05, 0.1) is 0 Å². The summed E-state index contributed by atoms with van der Waals surface area (Å²) in [6, 6.07) is 0. The molecule has 0 saturated carbocycles. The molecule has 0 N–H and O–H groups in total. The molecule has 0 fully saturated rings. The van der Waals surface area contributed by atoms with E-state index in [4.69, 9.17) is 17.8 Å². The minimum absolute atomic E-state index is 0.915. The summed E-state index contributed by atoms with van der Waals surface area (Å²) in [6.45, 7) is 3.98. The Balaban J connectivity index is 3.78. The second-order valence-corrected chi connectivity index (χ2v) is 20.6. The molecule has 0 nitrogen and oxygen atoms in total. The van der Waals surface area contributed by atoms with Gasteiger partial charge in [-0.3, -0.25) is 0 Å². The van der Waals surface area contributed by atoms with Crippen LogP contribution in [-0.2, 0) is 0 Å². The summed E-state index contributed by atoms with van der Waals surface area (Å²) in [5, 5.41) is 0. The average molecular weight is 300 g/mol. The van der Waals surface area contributed by atoms with Crippen molar-refractivity contribution in [1.82, 2.24) is 0 Å². The van der Waals surface area contributed by atoms with E-state index in [-0.39, 0.29) is 0 Å². The van der Waals surface area contributed by atoms with Crippen LogP contribution in [0.25, 0.3) is 0 Å². The van der Waals surface area contributed by atoms with Crippen LogP contribution in [0.3, 0.4) is 0 Å². The molecule has 0 aliphatic heterocycles. The zero-order chi connectivity index (χ0) is 8.74. The van der Waals surface area contributed by atoms with E-state index >= 15 is 0 Å². The minimum atomic E-state index is -2.66. The van der Waals surface area contributed by atoms with Crippen molar-refractivity contribution in [2.75, 3.05) is 0 Å². The fourth-order valence-electron chi connectivity index (χ4n) is 0.664. The molecule has 0 bridgehead atoms. The maximum atomic E-state index is 6.17. The maximum absolute atomic E-state index is 6.17. The Morgan fingerprint density at radius 3 is 1.64 bits per heavy atom. The number of halogens is 2. The Morgan fingerprint density at radius 1 is 1.00 bits per heavy atom. The SMILES string of the molecule is C/C=C/[CH2][Sn]([Cl])([Cl])[CH2]/C=C/C. The summed E-state index contributed by atoms with van der Waals surface area (Å²) >= 11 is -2.66. The first-order valence-electron chi connectivity index (χ1n) is 3.72. The first-order chi connectivity index (χ1) is 5.12. The molecule has 64 valence electrons. The van der Waals surface area contributed by atoms with Crippen molar-refractivity contribution in [2.24, 2.45) is 0 Å². The van der Waals surface area contributed by atoms with E-state index in [9.17, 15) is 0 Å². The zero-order valence-electron chi connectivity index (χ0n) is 6.98. The molecule has 0 unspecified atom stereocenters. The number of hydrogen-bond acceptors (Lipinski definition) is 0. The van der Waals surface area contributed by atoms with Crippen LogP contribution in [-0.4, -0.2) is 16.1 Å². The van der Waals surface area contributed by atoms with Gasteiger partial charge in [-0.15, -0.1) is 0 Å². The molecular formula is C8H14Cl2Sn. The third kappa shape index (κ3) is 7.23. The molecule has 0 aliphatic rings. The molecule has 0 rings (SSSR count). The summed E-state index contributed by atoms with van der Waals surface area (Å²) in [4.78, 5) is 0. The van der Waals surface area contributed by atoms with Crippen LogP contribution < -0.4 is 0 Å². The van der Waals surface area contributed by atoms with Gasteiger partial charge in [0.15, 0.2) is 0 Å². The Bertz CT molecular complexity index is 134. The van der Waals surface area contributed by atoms with Crippen molar-refractivity contribution in [1.29, 1.82) is 0 Å². The van der Waals surface area contributed by atoms with Gasteiger partial charge in [-0.05, 0) is 0 Å². The van der Waals surface area contributed by atoms with Crippen molar-refractivity contribution < 1.29 is 0 Å². The fraction of sp³-hybridized carbons (Fsp3) is 0.500. The Hall–Kier alpha value is 0.859. The second-order valence-electron chi connectivity index (χ2n) is 2.40. The molecule has 0 amide bonds. The second kappa shape index (κ2) is 6.38. The standard InChI is InChI=1S/2C4H7.2ClH.Sn/c2*1-3-4-2;;;/h2*3-4H,1H2,2H3;2*1H;/q;;;;+2/p-2/b2*4-3+;;;. The molecule has 0 aliphatic carbocycles. The van der Waals surface area contributed by atoms with Gasteiger partial charge in [-0.25, -0.2) is 0 Å². The van der Waals surface area contributed by atoms with Crippen LogP contribution in [0.5, 0.6) is 0 Å². The first kappa shape index (κ1) is 11.9. The average Bonchev–Trinajstić information content (AvgIpc) is 1.97. The monoisotopic (exact) mass is 300 g/mol. The van der Waals surface area contributed by atoms with Gasteiger partial charge in [-0.2, -0.15) is 0 Å². The van der Waals surface area contributed by atoms with Gasteiger partial charge in [0, 0.05) is 0 Å². The van der Waals surface area contributed by atoms with Gasteiger partial charge < -0.3 is 0 Å². The third-order valence-corrected chi connectivity index (χ3v) is 10.2. The normalized spacial score (nSPS) is 13.5. The van der Waals surface area contributed by atoms with Crippen LogP contribution in [0.15, 0.2) is 24.3 Å². The van der Waals surface area contributed by atoms with Crippen molar-refractivity contribution in [3.63, 3.8) is 0 Å². The van der Waals surface area contributed by atoms with Gasteiger partial charge >= 0.3 is 81.0 Å². The van der Waals surface area contributed by atoms with E-state index in [1.165, 1.54) is 0 Å². The molecule has 11 heavy (non-hydrogen) atoms. The summed E-state index contributed by atoms with van der Waals surface area (Å²) in [6.07, 6.45) is 8.15. The molecule has 0 aromatic heterocycles. The van der Waals surface area contributed by atoms with Crippen molar-refractivity contribution in [3.05, 3.63) is 24.3 Å². The molecule has 0 radical (unpaired) electrons. The Morgan fingerprint density at radius 2 is 1.36 bits per heavy atom. The number of allylic oxidation sites excluding steroid dienone is 4. The van der Waals surface area contributed by atoms with E-state index in [1.807, 2.05) is 26.0 Å². The molecule has 0 atom stereocenters. The topological polar surface area (TPSA) is 0 Å².